The number of benzene rings is 1. The molecule has 0 aliphatic carbocycles. The van der Waals surface area contributed by atoms with Crippen LogP contribution in [0, 0.1) is 11.7 Å². The van der Waals surface area contributed by atoms with E-state index >= 15 is 0 Å². The predicted octanol–water partition coefficient (Wildman–Crippen LogP) is 4.18. The first kappa shape index (κ1) is 15.6. The van der Waals surface area contributed by atoms with Crippen LogP contribution in [0.15, 0.2) is 41.8 Å². The molecule has 0 aliphatic rings. The Morgan fingerprint density at radius 3 is 2.74 bits per heavy atom. The molecule has 7 heteroatoms. The van der Waals surface area contributed by atoms with E-state index in [-0.39, 0.29) is 5.91 Å². The first-order valence-corrected chi connectivity index (χ1v) is 8.43. The van der Waals surface area contributed by atoms with Gasteiger partial charge in [0.15, 0.2) is 10.6 Å². The molecule has 23 heavy (non-hydrogen) atoms. The van der Waals surface area contributed by atoms with Crippen molar-refractivity contribution in [2.45, 2.75) is 19.9 Å². The molecule has 5 nitrogen and oxygen atoms in total. The fraction of sp³-hybridized carbons (Fsp3) is 0.188. The minimum Gasteiger partial charge on any atom is -0.324 e. The Hall–Kier alpha value is -2.25. The molecular formula is C16H16N4OS2. The number of rotatable bonds is 4. The standard InChI is InChI=1S/C16H16N4OS2/c1-10-5-7-12(8-6-10)17-15(21)11(2)20-14(18-19-16(20)22)13-4-3-9-23-13/h3-9,11H,1-2H3,(H,17,21)(H,19,22)/t11-/m0/s1. The van der Waals surface area contributed by atoms with Crippen molar-refractivity contribution >= 4 is 35.1 Å². The molecule has 3 rings (SSSR count). The molecule has 3 aromatic rings. The van der Waals surface area contributed by atoms with Crippen LogP contribution in [-0.2, 0) is 4.79 Å². The minimum absolute atomic E-state index is 0.135. The summed E-state index contributed by atoms with van der Waals surface area (Å²) < 4.78 is 2.17. The molecule has 1 aromatic carbocycles. The highest BCUT2D eigenvalue weighted by molar-refractivity contribution is 7.71. The molecule has 2 heterocycles. The normalized spacial score (nSPS) is 12.1. The van der Waals surface area contributed by atoms with Gasteiger partial charge in [-0.15, -0.1) is 11.3 Å². The van der Waals surface area contributed by atoms with Crippen molar-refractivity contribution in [2.24, 2.45) is 0 Å². The lowest BCUT2D eigenvalue weighted by atomic mass is 10.2. The molecular weight excluding hydrogens is 328 g/mol. The first-order valence-electron chi connectivity index (χ1n) is 7.14. The summed E-state index contributed by atoms with van der Waals surface area (Å²) in [7, 11) is 0. The molecule has 118 valence electrons. The van der Waals surface area contributed by atoms with E-state index in [9.17, 15) is 4.79 Å². The van der Waals surface area contributed by atoms with Gasteiger partial charge in [0.2, 0.25) is 5.91 Å². The molecule has 1 atom stereocenters. The number of aromatic nitrogens is 3. The zero-order valence-electron chi connectivity index (χ0n) is 12.7. The lowest BCUT2D eigenvalue weighted by molar-refractivity contribution is -0.118. The van der Waals surface area contributed by atoms with Crippen LogP contribution in [-0.4, -0.2) is 20.7 Å². The Morgan fingerprint density at radius 2 is 2.09 bits per heavy atom. The number of nitrogens with zero attached hydrogens (tertiary/aromatic N) is 2. The van der Waals surface area contributed by atoms with Gasteiger partial charge in [0, 0.05) is 5.69 Å². The summed E-state index contributed by atoms with van der Waals surface area (Å²) in [6, 6.07) is 11.1. The van der Waals surface area contributed by atoms with Gasteiger partial charge in [-0.1, -0.05) is 23.8 Å². The van der Waals surface area contributed by atoms with Crippen molar-refractivity contribution < 1.29 is 4.79 Å². The van der Waals surface area contributed by atoms with Gasteiger partial charge in [0.1, 0.15) is 6.04 Å². The second kappa shape index (κ2) is 6.47. The van der Waals surface area contributed by atoms with E-state index in [1.807, 2.05) is 55.6 Å². The van der Waals surface area contributed by atoms with Crippen molar-refractivity contribution in [2.75, 3.05) is 5.32 Å². The molecule has 0 saturated carbocycles. The largest absolute Gasteiger partial charge is 0.324 e. The Morgan fingerprint density at radius 1 is 1.35 bits per heavy atom. The highest BCUT2D eigenvalue weighted by Crippen LogP contribution is 2.26. The number of nitrogens with one attached hydrogen (secondary N) is 2. The van der Waals surface area contributed by atoms with Crippen molar-refractivity contribution in [3.05, 3.63) is 52.1 Å². The van der Waals surface area contributed by atoms with Crippen LogP contribution in [0.25, 0.3) is 10.7 Å². The fourth-order valence-electron chi connectivity index (χ4n) is 2.24. The second-order valence-electron chi connectivity index (χ2n) is 5.23. The number of hydrogen-bond acceptors (Lipinski definition) is 4. The predicted molar refractivity (Wildman–Crippen MR) is 95.2 cm³/mol. The average molecular weight is 344 g/mol. The van der Waals surface area contributed by atoms with Gasteiger partial charge in [-0.2, -0.15) is 5.10 Å². The third kappa shape index (κ3) is 3.25. The Labute approximate surface area is 143 Å². The van der Waals surface area contributed by atoms with Crippen molar-refractivity contribution in [1.82, 2.24) is 14.8 Å². The third-order valence-electron chi connectivity index (χ3n) is 3.53. The summed E-state index contributed by atoms with van der Waals surface area (Å²) in [4.78, 5) is 13.5. The minimum atomic E-state index is -0.473. The summed E-state index contributed by atoms with van der Waals surface area (Å²) in [5, 5.41) is 11.9. The SMILES string of the molecule is Cc1ccc(NC(=O)[C@H](C)n2c(-c3cccs3)n[nH]c2=S)cc1. The van der Waals surface area contributed by atoms with Gasteiger partial charge < -0.3 is 5.32 Å². The van der Waals surface area contributed by atoms with Gasteiger partial charge >= 0.3 is 0 Å². The second-order valence-corrected chi connectivity index (χ2v) is 6.57. The highest BCUT2D eigenvalue weighted by atomic mass is 32.1. The summed E-state index contributed by atoms with van der Waals surface area (Å²) in [6.45, 7) is 3.82. The number of anilines is 1. The number of H-pyrrole nitrogens is 1. The monoisotopic (exact) mass is 344 g/mol. The molecule has 0 radical (unpaired) electrons. The maximum absolute atomic E-state index is 12.6. The Bertz CT molecular complexity index is 862. The van der Waals surface area contributed by atoms with Crippen LogP contribution in [0.3, 0.4) is 0 Å². The molecule has 0 bridgehead atoms. The van der Waals surface area contributed by atoms with E-state index < -0.39 is 6.04 Å². The Balaban J connectivity index is 1.87. The van der Waals surface area contributed by atoms with Crippen LogP contribution in [0.2, 0.25) is 0 Å². The lowest BCUT2D eigenvalue weighted by Gasteiger charge is -2.15. The van der Waals surface area contributed by atoms with E-state index in [0.29, 0.717) is 10.6 Å². The first-order chi connectivity index (χ1) is 11.1. The maximum atomic E-state index is 12.6. The van der Waals surface area contributed by atoms with Crippen LogP contribution >= 0.6 is 23.6 Å². The molecule has 2 N–H and O–H groups in total. The molecule has 0 spiro atoms. The zero-order chi connectivity index (χ0) is 16.4. The summed E-state index contributed by atoms with van der Waals surface area (Å²) >= 11 is 6.85. The Kier molecular flexibility index (Phi) is 4.40. The average Bonchev–Trinajstić information content (AvgIpc) is 3.18. The van der Waals surface area contributed by atoms with Crippen molar-refractivity contribution in [1.29, 1.82) is 0 Å². The quantitative estimate of drug-likeness (QED) is 0.698. The molecule has 0 saturated heterocycles. The zero-order valence-corrected chi connectivity index (χ0v) is 14.4. The van der Waals surface area contributed by atoms with Crippen LogP contribution in [0.4, 0.5) is 5.69 Å². The number of thiophene rings is 1. The van der Waals surface area contributed by atoms with E-state index in [1.165, 1.54) is 0 Å². The number of carbonyl (C=O) groups excluding carboxylic acids is 1. The third-order valence-corrected chi connectivity index (χ3v) is 4.69. The number of hydrogen-bond donors (Lipinski definition) is 2. The molecule has 0 aliphatic heterocycles. The maximum Gasteiger partial charge on any atom is 0.247 e. The van der Waals surface area contributed by atoms with Crippen molar-refractivity contribution in [3.63, 3.8) is 0 Å². The van der Waals surface area contributed by atoms with Crippen LogP contribution in [0.5, 0.6) is 0 Å². The summed E-state index contributed by atoms with van der Waals surface area (Å²) in [5.41, 5.74) is 1.91. The van der Waals surface area contributed by atoms with Gasteiger partial charge in [-0.25, -0.2) is 0 Å². The van der Waals surface area contributed by atoms with Crippen LogP contribution < -0.4 is 5.32 Å². The van der Waals surface area contributed by atoms with Gasteiger partial charge in [0.25, 0.3) is 0 Å². The lowest BCUT2D eigenvalue weighted by Crippen LogP contribution is -2.24. The van der Waals surface area contributed by atoms with E-state index in [4.69, 9.17) is 12.2 Å². The van der Waals surface area contributed by atoms with Gasteiger partial charge in [0.05, 0.1) is 4.88 Å². The number of aryl methyl sites for hydroxylation is 1. The smallest absolute Gasteiger partial charge is 0.247 e. The summed E-state index contributed by atoms with van der Waals surface area (Å²) in [6.07, 6.45) is 0. The molecule has 2 aromatic heterocycles. The van der Waals surface area contributed by atoms with E-state index in [0.717, 1.165) is 16.1 Å². The van der Waals surface area contributed by atoms with Gasteiger partial charge in [-0.05, 0) is 49.6 Å². The number of amides is 1. The fourth-order valence-corrected chi connectivity index (χ4v) is 3.24. The molecule has 0 fully saturated rings. The van der Waals surface area contributed by atoms with E-state index in [1.54, 1.807) is 15.9 Å². The topological polar surface area (TPSA) is 62.7 Å². The molecule has 1 amide bonds. The number of carbonyl (C=O) groups is 1. The number of aromatic amines is 1. The van der Waals surface area contributed by atoms with Crippen molar-refractivity contribution in [3.8, 4) is 10.7 Å². The van der Waals surface area contributed by atoms with Gasteiger partial charge in [-0.3, -0.25) is 14.5 Å². The highest BCUT2D eigenvalue weighted by Gasteiger charge is 2.21. The van der Waals surface area contributed by atoms with E-state index in [2.05, 4.69) is 15.5 Å². The molecule has 0 unspecified atom stereocenters. The van der Waals surface area contributed by atoms with Crippen LogP contribution in [0.1, 0.15) is 18.5 Å². The summed E-state index contributed by atoms with van der Waals surface area (Å²) in [5.74, 6) is 0.542.